The lowest BCUT2D eigenvalue weighted by Gasteiger charge is -2.03. The number of nitrogen functional groups attached to an aromatic ring is 1. The minimum Gasteiger partial charge on any atom is -0.384 e. The zero-order valence-corrected chi connectivity index (χ0v) is 8.08. The van der Waals surface area contributed by atoms with Gasteiger partial charge in [0, 0.05) is 18.9 Å². The molecule has 1 rings (SSSR count). The molecule has 0 radical (unpaired) electrons. The average Bonchev–Trinajstić information content (AvgIpc) is 2.04. The van der Waals surface area contributed by atoms with Gasteiger partial charge < -0.3 is 10.5 Å². The van der Waals surface area contributed by atoms with Gasteiger partial charge in [-0.25, -0.2) is 9.97 Å². The first kappa shape index (κ1) is 9.92. The second-order valence-electron chi connectivity index (χ2n) is 2.88. The van der Waals surface area contributed by atoms with Crippen LogP contribution in [-0.2, 0) is 17.8 Å². The first-order valence-corrected chi connectivity index (χ1v) is 4.37. The van der Waals surface area contributed by atoms with Crippen LogP contribution in [0.2, 0.25) is 0 Å². The molecule has 0 fully saturated rings. The van der Waals surface area contributed by atoms with Crippen molar-refractivity contribution in [3.63, 3.8) is 0 Å². The summed E-state index contributed by atoms with van der Waals surface area (Å²) in [5.41, 5.74) is 6.60. The van der Waals surface area contributed by atoms with Crippen LogP contribution < -0.4 is 5.73 Å². The fourth-order valence-corrected chi connectivity index (χ4v) is 1.15. The van der Waals surface area contributed by atoms with Crippen LogP contribution in [0.25, 0.3) is 0 Å². The number of nitrogens with zero attached hydrogens (tertiary/aromatic N) is 2. The summed E-state index contributed by atoms with van der Waals surface area (Å²) in [4.78, 5) is 8.34. The molecule has 0 saturated carbocycles. The summed E-state index contributed by atoms with van der Waals surface area (Å²) in [6, 6.07) is 1.81. The van der Waals surface area contributed by atoms with E-state index in [0.29, 0.717) is 18.2 Å². The molecular weight excluding hydrogens is 166 g/mol. The SMILES string of the molecule is CCCc1cc(N)nc(COC)n1. The number of aryl methyl sites for hydroxylation is 1. The van der Waals surface area contributed by atoms with Gasteiger partial charge in [-0.3, -0.25) is 0 Å². The number of hydrogen-bond donors (Lipinski definition) is 1. The van der Waals surface area contributed by atoms with Crippen molar-refractivity contribution >= 4 is 5.82 Å². The standard InChI is InChI=1S/C9H15N3O/c1-3-4-7-5-8(10)12-9(11-7)6-13-2/h5H,3-4,6H2,1-2H3,(H2,10,11,12). The summed E-state index contributed by atoms with van der Waals surface area (Å²) in [6.07, 6.45) is 1.99. The zero-order valence-electron chi connectivity index (χ0n) is 8.08. The van der Waals surface area contributed by atoms with E-state index in [1.807, 2.05) is 6.07 Å². The Morgan fingerprint density at radius 3 is 2.85 bits per heavy atom. The number of hydrogen-bond acceptors (Lipinski definition) is 4. The first-order chi connectivity index (χ1) is 6.26. The van der Waals surface area contributed by atoms with E-state index in [1.54, 1.807) is 7.11 Å². The highest BCUT2D eigenvalue weighted by Crippen LogP contribution is 2.05. The molecule has 0 aromatic carbocycles. The molecule has 4 heteroatoms. The second kappa shape index (κ2) is 4.77. The van der Waals surface area contributed by atoms with E-state index in [9.17, 15) is 0 Å². The molecule has 2 N–H and O–H groups in total. The molecule has 72 valence electrons. The number of rotatable bonds is 4. The van der Waals surface area contributed by atoms with Crippen LogP contribution in [0.4, 0.5) is 5.82 Å². The van der Waals surface area contributed by atoms with Gasteiger partial charge in [0.1, 0.15) is 12.4 Å². The smallest absolute Gasteiger partial charge is 0.156 e. The lowest BCUT2D eigenvalue weighted by atomic mass is 10.2. The minimum absolute atomic E-state index is 0.418. The van der Waals surface area contributed by atoms with Gasteiger partial charge in [0.2, 0.25) is 0 Å². The van der Waals surface area contributed by atoms with Gasteiger partial charge in [-0.15, -0.1) is 0 Å². The monoisotopic (exact) mass is 181 g/mol. The Morgan fingerprint density at radius 2 is 2.23 bits per heavy atom. The first-order valence-electron chi connectivity index (χ1n) is 4.37. The highest BCUT2D eigenvalue weighted by atomic mass is 16.5. The van der Waals surface area contributed by atoms with Crippen molar-refractivity contribution in [2.75, 3.05) is 12.8 Å². The molecular formula is C9H15N3O. The Labute approximate surface area is 78.1 Å². The van der Waals surface area contributed by atoms with Crippen molar-refractivity contribution < 1.29 is 4.74 Å². The van der Waals surface area contributed by atoms with Crippen molar-refractivity contribution in [3.05, 3.63) is 17.6 Å². The van der Waals surface area contributed by atoms with Crippen LogP contribution in [-0.4, -0.2) is 17.1 Å². The van der Waals surface area contributed by atoms with Gasteiger partial charge in [0.15, 0.2) is 5.82 Å². The molecule has 13 heavy (non-hydrogen) atoms. The molecule has 4 nitrogen and oxygen atoms in total. The van der Waals surface area contributed by atoms with Crippen LogP contribution in [0.15, 0.2) is 6.07 Å². The fraction of sp³-hybridized carbons (Fsp3) is 0.556. The van der Waals surface area contributed by atoms with E-state index in [-0.39, 0.29) is 0 Å². The van der Waals surface area contributed by atoms with E-state index in [1.165, 1.54) is 0 Å². The second-order valence-corrected chi connectivity index (χ2v) is 2.88. The number of anilines is 1. The molecule has 0 unspecified atom stereocenters. The predicted octanol–water partition coefficient (Wildman–Crippen LogP) is 1.16. The molecule has 0 aliphatic carbocycles. The Hall–Kier alpha value is -1.16. The van der Waals surface area contributed by atoms with Crippen molar-refractivity contribution in [2.45, 2.75) is 26.4 Å². The van der Waals surface area contributed by atoms with Crippen LogP contribution in [0.5, 0.6) is 0 Å². The third kappa shape index (κ3) is 2.99. The Balaban J connectivity index is 2.83. The lowest BCUT2D eigenvalue weighted by molar-refractivity contribution is 0.177. The molecule has 0 aliphatic heterocycles. The maximum absolute atomic E-state index is 5.61. The molecule has 0 amide bonds. The summed E-state index contributed by atoms with van der Waals surface area (Å²) in [5.74, 6) is 1.18. The number of ether oxygens (including phenoxy) is 1. The Morgan fingerprint density at radius 1 is 1.46 bits per heavy atom. The molecule has 1 aromatic rings. The number of nitrogens with two attached hydrogens (primary N) is 1. The topological polar surface area (TPSA) is 61.0 Å². The Bertz CT molecular complexity index is 251. The zero-order chi connectivity index (χ0) is 9.68. The molecule has 0 atom stereocenters. The van der Waals surface area contributed by atoms with Crippen LogP contribution in [0, 0.1) is 0 Å². The molecule has 1 aromatic heterocycles. The third-order valence-corrected chi connectivity index (χ3v) is 1.62. The summed E-state index contributed by atoms with van der Waals surface area (Å²) < 4.78 is 4.94. The minimum atomic E-state index is 0.418. The molecule has 0 spiro atoms. The maximum atomic E-state index is 5.61. The largest absolute Gasteiger partial charge is 0.384 e. The van der Waals surface area contributed by atoms with Gasteiger partial charge >= 0.3 is 0 Å². The average molecular weight is 181 g/mol. The van der Waals surface area contributed by atoms with Crippen molar-refractivity contribution in [1.29, 1.82) is 0 Å². The lowest BCUT2D eigenvalue weighted by Crippen LogP contribution is -2.04. The summed E-state index contributed by atoms with van der Waals surface area (Å²) in [7, 11) is 1.62. The molecule has 0 bridgehead atoms. The van der Waals surface area contributed by atoms with Crippen molar-refractivity contribution in [2.24, 2.45) is 0 Å². The number of aromatic nitrogens is 2. The Kier molecular flexibility index (Phi) is 3.64. The third-order valence-electron chi connectivity index (χ3n) is 1.62. The quantitative estimate of drug-likeness (QED) is 0.757. The van der Waals surface area contributed by atoms with Gasteiger partial charge in [-0.2, -0.15) is 0 Å². The molecule has 1 heterocycles. The van der Waals surface area contributed by atoms with Gasteiger partial charge in [0.05, 0.1) is 0 Å². The van der Waals surface area contributed by atoms with Gasteiger partial charge in [0.25, 0.3) is 0 Å². The maximum Gasteiger partial charge on any atom is 0.156 e. The van der Waals surface area contributed by atoms with Gasteiger partial charge in [-0.05, 0) is 6.42 Å². The summed E-state index contributed by atoms with van der Waals surface area (Å²) in [6.45, 7) is 2.52. The van der Waals surface area contributed by atoms with E-state index in [0.717, 1.165) is 18.5 Å². The highest BCUT2D eigenvalue weighted by molar-refractivity contribution is 5.29. The van der Waals surface area contributed by atoms with Crippen molar-refractivity contribution in [3.8, 4) is 0 Å². The number of methoxy groups -OCH3 is 1. The molecule has 0 saturated heterocycles. The normalized spacial score (nSPS) is 10.3. The summed E-state index contributed by atoms with van der Waals surface area (Å²) >= 11 is 0. The van der Waals surface area contributed by atoms with Crippen LogP contribution in [0.3, 0.4) is 0 Å². The van der Waals surface area contributed by atoms with Crippen LogP contribution in [0.1, 0.15) is 24.9 Å². The summed E-state index contributed by atoms with van der Waals surface area (Å²) in [5, 5.41) is 0. The van der Waals surface area contributed by atoms with Crippen molar-refractivity contribution in [1.82, 2.24) is 9.97 Å². The van der Waals surface area contributed by atoms with Crippen LogP contribution >= 0.6 is 0 Å². The van der Waals surface area contributed by atoms with E-state index >= 15 is 0 Å². The predicted molar refractivity (Wildman–Crippen MR) is 51.2 cm³/mol. The highest BCUT2D eigenvalue weighted by Gasteiger charge is 2.01. The molecule has 0 aliphatic rings. The van der Waals surface area contributed by atoms with E-state index < -0.39 is 0 Å². The fourth-order valence-electron chi connectivity index (χ4n) is 1.15. The van der Waals surface area contributed by atoms with E-state index in [4.69, 9.17) is 10.5 Å². The van der Waals surface area contributed by atoms with E-state index in [2.05, 4.69) is 16.9 Å². The van der Waals surface area contributed by atoms with Gasteiger partial charge in [-0.1, -0.05) is 13.3 Å².